The molecular formula is C78H84Cl4N14O4. The normalized spacial score (nSPS) is 16.1. The maximum atomic E-state index is 12.3. The van der Waals surface area contributed by atoms with E-state index in [0.717, 1.165) is 183 Å². The number of aromatic nitrogens is 8. The van der Waals surface area contributed by atoms with E-state index >= 15 is 0 Å². The molecule has 0 unspecified atom stereocenters. The molecule has 0 saturated carbocycles. The highest BCUT2D eigenvalue weighted by Gasteiger charge is 2.27. The summed E-state index contributed by atoms with van der Waals surface area (Å²) in [5.74, 6) is 0. The van der Waals surface area contributed by atoms with Crippen molar-refractivity contribution in [2.24, 2.45) is 0 Å². The van der Waals surface area contributed by atoms with Gasteiger partial charge in [-0.1, -0.05) is 46.4 Å². The standard InChI is InChI=1S/C23H27ClN4O2.C19H20ClN3O.C18H19ClN4.C18H18ClN3O/c1-23(2,3)30-22(29)27-12-10-26(11-13-27)15-17-16-28(19-6-4-18(24)5-7-19)21-14-25-9-8-20(17)21;20-15-1-3-16(4-2-15)23-13-14(18-5-8-21-11-19(18)23)12-22-9-6-17(24)7-10-22;19-15-1-3-16(4-2-15)23-13-14(12-22-9-7-20-8-10-22)17-5-6-21-11-18(17)23;19-15-1-3-16(4-2-15)22-13-14(12-21-7-9-23-10-8-21)17-5-6-20-11-18(17)22/h4-9,14,16H,10-13,15H2,1-3H3;1-5,8,11,13,17,24H,6-7,9-10,12H2;1-6,11,13,20H,7-10,12H2;1-6,11,13H,7-10,12H2. The lowest BCUT2D eigenvalue weighted by molar-refractivity contribution is 0.0139. The number of rotatable bonds is 12. The van der Waals surface area contributed by atoms with Crippen LogP contribution in [0.2, 0.25) is 20.1 Å². The van der Waals surface area contributed by atoms with Gasteiger partial charge in [0.25, 0.3) is 0 Å². The van der Waals surface area contributed by atoms with Crippen LogP contribution in [0.25, 0.3) is 66.4 Å². The van der Waals surface area contributed by atoms with Crippen molar-refractivity contribution in [1.29, 1.82) is 0 Å². The first-order chi connectivity index (χ1) is 48.6. The smallest absolute Gasteiger partial charge is 0.410 e. The third-order valence-electron chi connectivity index (χ3n) is 18.7. The predicted molar refractivity (Wildman–Crippen MR) is 402 cm³/mol. The number of aliphatic hydroxyl groups is 1. The molecule has 100 heavy (non-hydrogen) atoms. The number of carbonyl (C=O) groups is 1. The zero-order chi connectivity index (χ0) is 69.1. The number of fused-ring (bicyclic) bond motifs is 4. The second-order valence-corrected chi connectivity index (χ2v) is 28.5. The Bertz CT molecular complexity index is 4520. The van der Waals surface area contributed by atoms with Gasteiger partial charge in [-0.15, -0.1) is 0 Å². The first-order valence-corrected chi connectivity index (χ1v) is 35.8. The fourth-order valence-corrected chi connectivity index (χ4v) is 13.9. The Morgan fingerprint density at radius 1 is 0.440 bits per heavy atom. The molecule has 4 aliphatic rings. The molecule has 0 bridgehead atoms. The minimum Gasteiger partial charge on any atom is -0.444 e. The van der Waals surface area contributed by atoms with E-state index in [1.807, 2.05) is 167 Å². The number of carbonyl (C=O) groups excluding carboxylic acids is 1. The number of piperidine rings is 1. The lowest BCUT2D eigenvalue weighted by atomic mass is 10.1. The average Bonchev–Trinajstić information content (AvgIpc) is 1.67. The summed E-state index contributed by atoms with van der Waals surface area (Å²) in [6.07, 6.45) is 25.2. The van der Waals surface area contributed by atoms with Crippen molar-refractivity contribution >= 4 is 96.1 Å². The SMILES string of the molecule is CC(C)(C)OC(=O)N1CCN(Cc2cn(-c3ccc(Cl)cc3)c3cnccc23)CC1.Clc1ccc(-n2cc(CN3CCNCC3)c3ccncc32)cc1.Clc1ccc(-n2cc(CN3CCOCC3)c3ccncc32)cc1.OC1CCN(Cc2cn(-c3ccc(Cl)cc3)c3cnccc23)CC1. The molecule has 16 rings (SSSR count). The molecule has 0 radical (unpaired) electrons. The van der Waals surface area contributed by atoms with Gasteiger partial charge in [0.05, 0.1) is 66.2 Å². The summed E-state index contributed by atoms with van der Waals surface area (Å²) < 4.78 is 19.7. The van der Waals surface area contributed by atoms with E-state index in [9.17, 15) is 9.90 Å². The number of piperazine rings is 2. The van der Waals surface area contributed by atoms with Crippen molar-refractivity contribution < 1.29 is 19.4 Å². The summed E-state index contributed by atoms with van der Waals surface area (Å²) in [7, 11) is 0. The molecule has 0 spiro atoms. The summed E-state index contributed by atoms with van der Waals surface area (Å²) >= 11 is 24.1. The average molecular weight is 1420 g/mol. The van der Waals surface area contributed by atoms with Gasteiger partial charge in [0.2, 0.25) is 0 Å². The summed E-state index contributed by atoms with van der Waals surface area (Å²) in [4.78, 5) is 41.0. The number of likely N-dealkylation sites (tertiary alicyclic amines) is 1. The maximum absolute atomic E-state index is 12.3. The molecule has 18 nitrogen and oxygen atoms in total. The molecule has 12 heterocycles. The van der Waals surface area contributed by atoms with Gasteiger partial charge >= 0.3 is 6.09 Å². The Hall–Kier alpha value is -8.21. The van der Waals surface area contributed by atoms with Crippen molar-refractivity contribution in [3.63, 3.8) is 0 Å². The van der Waals surface area contributed by atoms with E-state index in [1.54, 1.807) is 4.90 Å². The van der Waals surface area contributed by atoms with Gasteiger partial charge in [-0.2, -0.15) is 0 Å². The van der Waals surface area contributed by atoms with Gasteiger partial charge in [-0.25, -0.2) is 4.79 Å². The maximum Gasteiger partial charge on any atom is 0.410 e. The van der Waals surface area contributed by atoms with Gasteiger partial charge in [0.1, 0.15) is 5.60 Å². The van der Waals surface area contributed by atoms with Gasteiger partial charge in [-0.05, 0) is 177 Å². The minimum absolute atomic E-state index is 0.138. The molecule has 4 fully saturated rings. The van der Waals surface area contributed by atoms with Crippen molar-refractivity contribution in [3.05, 3.63) is 238 Å². The van der Waals surface area contributed by atoms with E-state index in [2.05, 4.69) is 112 Å². The number of benzene rings is 4. The molecule has 518 valence electrons. The number of nitrogens with one attached hydrogen (secondary N) is 1. The molecular weight excluding hydrogens is 1340 g/mol. The first kappa shape index (κ1) is 70.2. The van der Waals surface area contributed by atoms with Crippen LogP contribution in [0.4, 0.5) is 4.79 Å². The Labute approximate surface area is 603 Å². The molecule has 8 aromatic heterocycles. The van der Waals surface area contributed by atoms with Crippen LogP contribution < -0.4 is 5.32 Å². The topological polar surface area (TPSA) is 155 Å². The first-order valence-electron chi connectivity index (χ1n) is 34.3. The van der Waals surface area contributed by atoms with Crippen LogP contribution in [0.1, 0.15) is 55.9 Å². The van der Waals surface area contributed by atoms with E-state index in [0.29, 0.717) is 13.1 Å². The summed E-state index contributed by atoms with van der Waals surface area (Å²) in [5, 5.41) is 21.0. The highest BCUT2D eigenvalue weighted by atomic mass is 35.5. The molecule has 4 saturated heterocycles. The van der Waals surface area contributed by atoms with Crippen LogP contribution >= 0.6 is 46.4 Å². The van der Waals surface area contributed by atoms with Crippen LogP contribution in [-0.4, -0.2) is 177 Å². The number of aliphatic hydroxyl groups excluding tert-OH is 1. The molecule has 0 aliphatic carbocycles. The molecule has 4 aromatic carbocycles. The quantitative estimate of drug-likeness (QED) is 0.119. The van der Waals surface area contributed by atoms with Crippen molar-refractivity contribution in [1.82, 2.24) is 68.0 Å². The molecule has 12 aromatic rings. The number of hydrogen-bond acceptors (Lipinski definition) is 13. The minimum atomic E-state index is -0.467. The van der Waals surface area contributed by atoms with Gasteiger partial charge in [0.15, 0.2) is 0 Å². The number of morpholine rings is 1. The number of pyridine rings is 4. The number of amides is 1. The Balaban J connectivity index is 0.000000120. The molecule has 0 atom stereocenters. The lowest BCUT2D eigenvalue weighted by Gasteiger charge is -2.35. The van der Waals surface area contributed by atoms with E-state index < -0.39 is 5.60 Å². The van der Waals surface area contributed by atoms with E-state index in [1.165, 1.54) is 43.8 Å². The monoisotopic (exact) mass is 1420 g/mol. The fourth-order valence-electron chi connectivity index (χ4n) is 13.4. The van der Waals surface area contributed by atoms with Crippen LogP contribution in [-0.2, 0) is 35.7 Å². The molecule has 22 heteroatoms. The largest absolute Gasteiger partial charge is 0.444 e. The Morgan fingerprint density at radius 2 is 0.740 bits per heavy atom. The van der Waals surface area contributed by atoms with Crippen molar-refractivity contribution in [2.75, 3.05) is 91.8 Å². The molecule has 4 aliphatic heterocycles. The van der Waals surface area contributed by atoms with Crippen LogP contribution in [0.15, 0.2) is 196 Å². The summed E-state index contributed by atoms with van der Waals surface area (Å²) in [6.45, 7) is 22.1. The highest BCUT2D eigenvalue weighted by Crippen LogP contribution is 2.32. The summed E-state index contributed by atoms with van der Waals surface area (Å²) in [5.41, 5.74) is 13.5. The van der Waals surface area contributed by atoms with Gasteiger partial charge in [-0.3, -0.25) is 39.5 Å². The van der Waals surface area contributed by atoms with E-state index in [-0.39, 0.29) is 12.2 Å². The summed E-state index contributed by atoms with van der Waals surface area (Å²) in [6, 6.07) is 39.9. The van der Waals surface area contributed by atoms with Gasteiger partial charge < -0.3 is 43.1 Å². The Kier molecular flexibility index (Phi) is 22.9. The number of nitrogens with zero attached hydrogens (tertiary/aromatic N) is 13. The van der Waals surface area contributed by atoms with Gasteiger partial charge in [0, 0.05) is 219 Å². The molecule has 1 amide bonds. The van der Waals surface area contributed by atoms with Crippen LogP contribution in [0.3, 0.4) is 0 Å². The second-order valence-electron chi connectivity index (χ2n) is 26.7. The third-order valence-corrected chi connectivity index (χ3v) is 19.7. The second kappa shape index (κ2) is 32.6. The lowest BCUT2D eigenvalue weighted by Crippen LogP contribution is -2.49. The zero-order valence-corrected chi connectivity index (χ0v) is 59.7. The third kappa shape index (κ3) is 17.6. The van der Waals surface area contributed by atoms with Crippen molar-refractivity contribution in [2.45, 2.75) is 71.5 Å². The highest BCUT2D eigenvalue weighted by molar-refractivity contribution is 6.31. The fraction of sp³-hybridized carbons (Fsp3) is 0.321. The number of hydrogen-bond donors (Lipinski definition) is 2. The van der Waals surface area contributed by atoms with Crippen LogP contribution in [0, 0.1) is 0 Å². The van der Waals surface area contributed by atoms with Crippen LogP contribution in [0.5, 0.6) is 0 Å². The molecule has 2 N–H and O–H groups in total. The number of halogens is 4. The van der Waals surface area contributed by atoms with Crippen molar-refractivity contribution in [3.8, 4) is 22.7 Å². The van der Waals surface area contributed by atoms with E-state index in [4.69, 9.17) is 55.9 Å². The predicted octanol–water partition coefficient (Wildman–Crippen LogP) is 15.0. The zero-order valence-electron chi connectivity index (χ0n) is 56.7. The number of ether oxygens (including phenoxy) is 2. The Morgan fingerprint density at radius 3 is 1.06 bits per heavy atom.